The van der Waals surface area contributed by atoms with E-state index in [0.29, 0.717) is 13.1 Å². The number of quaternary nitrogens is 1. The Bertz CT molecular complexity index is 472. The molecule has 2 N–H and O–H groups in total. The van der Waals surface area contributed by atoms with Gasteiger partial charge >= 0.3 is 0 Å². The molecule has 0 aromatic heterocycles. The van der Waals surface area contributed by atoms with E-state index in [9.17, 15) is 9.59 Å². The molecule has 0 bridgehead atoms. The molecular formula is C19H33ClN4O2. The summed E-state index contributed by atoms with van der Waals surface area (Å²) in [4.78, 5) is 23.2. The average Bonchev–Trinajstić information content (AvgIpc) is 2.64. The molecule has 7 heteroatoms. The predicted molar refractivity (Wildman–Crippen MR) is 102 cm³/mol. The summed E-state index contributed by atoms with van der Waals surface area (Å²) >= 11 is 0. The van der Waals surface area contributed by atoms with Crippen LogP contribution in [-0.4, -0.2) is 70.2 Å². The molecule has 1 rings (SSSR count). The third-order valence-corrected chi connectivity index (χ3v) is 4.62. The third-order valence-electron chi connectivity index (χ3n) is 4.62. The molecule has 0 fully saturated rings. The van der Waals surface area contributed by atoms with Gasteiger partial charge in [-0.15, -0.1) is 0 Å². The first kappa shape index (κ1) is 24.2. The molecule has 0 spiro atoms. The third kappa shape index (κ3) is 9.63. The lowest BCUT2D eigenvalue weighted by Gasteiger charge is -2.37. The molecule has 26 heavy (non-hydrogen) atoms. The van der Waals surface area contributed by atoms with Crippen molar-refractivity contribution in [2.24, 2.45) is 0 Å². The van der Waals surface area contributed by atoms with E-state index in [-0.39, 0.29) is 12.4 Å². The van der Waals surface area contributed by atoms with Gasteiger partial charge in [-0.3, -0.25) is 9.59 Å². The molecule has 0 aliphatic rings. The maximum atomic E-state index is 10.4. The van der Waals surface area contributed by atoms with E-state index in [1.54, 1.807) is 0 Å². The summed E-state index contributed by atoms with van der Waals surface area (Å²) in [7, 11) is 2.26. The van der Waals surface area contributed by atoms with Crippen LogP contribution in [0.1, 0.15) is 19.8 Å². The number of carbonyl (C=O) groups is 2. The van der Waals surface area contributed by atoms with Crippen LogP contribution in [0.5, 0.6) is 0 Å². The Morgan fingerprint density at radius 3 is 1.96 bits per heavy atom. The lowest BCUT2D eigenvalue weighted by molar-refractivity contribution is -0.908. The lowest BCUT2D eigenvalue weighted by Crippen LogP contribution is -3.00. The highest BCUT2D eigenvalue weighted by molar-refractivity contribution is 5.46. The van der Waals surface area contributed by atoms with Crippen molar-refractivity contribution >= 4 is 18.5 Å². The second kappa shape index (κ2) is 14.4. The molecule has 0 aliphatic heterocycles. The van der Waals surface area contributed by atoms with Gasteiger partial charge in [0.25, 0.3) is 0 Å². The maximum Gasteiger partial charge on any atom is 0.207 e. The average molecular weight is 385 g/mol. The molecule has 148 valence electrons. The number of rotatable bonds is 15. The van der Waals surface area contributed by atoms with E-state index in [2.05, 4.69) is 53.8 Å². The Kier molecular flexibility index (Phi) is 13.4. The van der Waals surface area contributed by atoms with Gasteiger partial charge in [-0.25, -0.2) is 0 Å². The van der Waals surface area contributed by atoms with Gasteiger partial charge in [0.2, 0.25) is 12.8 Å². The number of hydrogen-bond donors (Lipinski definition) is 2. The quantitative estimate of drug-likeness (QED) is 0.214. The molecule has 0 aliphatic carbocycles. The second-order valence-corrected chi connectivity index (χ2v) is 6.56. The first-order valence-electron chi connectivity index (χ1n) is 9.13. The van der Waals surface area contributed by atoms with Crippen LogP contribution in [0.3, 0.4) is 0 Å². The maximum absolute atomic E-state index is 10.4. The first-order valence-corrected chi connectivity index (χ1v) is 9.13. The topological polar surface area (TPSA) is 61.4 Å². The Balaban J connectivity index is 0.00000625. The summed E-state index contributed by atoms with van der Waals surface area (Å²) in [5.41, 5.74) is 1.25. The fourth-order valence-corrected chi connectivity index (χ4v) is 3.05. The van der Waals surface area contributed by atoms with Crippen LogP contribution >= 0.6 is 0 Å². The van der Waals surface area contributed by atoms with E-state index < -0.39 is 0 Å². The SMILES string of the molecule is CCN(CC[N+](C)(CCCNC=O)CCCNC=O)c1ccccc1.[Cl-]. The van der Waals surface area contributed by atoms with Crippen molar-refractivity contribution in [3.8, 4) is 0 Å². The largest absolute Gasteiger partial charge is 1.00 e. The van der Waals surface area contributed by atoms with Crippen molar-refractivity contribution in [1.29, 1.82) is 0 Å². The van der Waals surface area contributed by atoms with Crippen LogP contribution in [0.25, 0.3) is 0 Å². The standard InChI is InChI=1S/C19H32N4O2.ClH/c1-3-22(19-9-5-4-6-10-19)13-16-23(2,14-7-11-20-17-24)15-8-12-21-18-25;/h4-6,9-10,17-18H,3,7-8,11-16H2,1-2H3,(H-,20,21,24,25);1H. The zero-order chi connectivity index (χ0) is 18.4. The number of benzene rings is 1. The van der Waals surface area contributed by atoms with E-state index in [0.717, 1.165) is 62.9 Å². The number of para-hydroxylation sites is 1. The molecule has 0 saturated carbocycles. The molecule has 1 aromatic carbocycles. The molecule has 1 aromatic rings. The van der Waals surface area contributed by atoms with Gasteiger partial charge in [0.05, 0.1) is 33.2 Å². The van der Waals surface area contributed by atoms with Crippen LogP contribution in [-0.2, 0) is 9.59 Å². The minimum Gasteiger partial charge on any atom is -1.00 e. The van der Waals surface area contributed by atoms with Gasteiger partial charge < -0.3 is 32.4 Å². The highest BCUT2D eigenvalue weighted by atomic mass is 35.5. The number of halogens is 1. The van der Waals surface area contributed by atoms with Crippen LogP contribution in [0.2, 0.25) is 0 Å². The Labute approximate surface area is 163 Å². The smallest absolute Gasteiger partial charge is 0.207 e. The lowest BCUT2D eigenvalue weighted by atomic mass is 10.2. The van der Waals surface area contributed by atoms with Gasteiger partial charge in [-0.2, -0.15) is 0 Å². The molecule has 0 atom stereocenters. The van der Waals surface area contributed by atoms with Crippen LogP contribution in [0.4, 0.5) is 5.69 Å². The van der Waals surface area contributed by atoms with E-state index in [1.807, 2.05) is 6.07 Å². The number of likely N-dealkylation sites (N-methyl/N-ethyl adjacent to an activating group) is 2. The zero-order valence-corrected chi connectivity index (χ0v) is 16.8. The van der Waals surface area contributed by atoms with Crippen molar-refractivity contribution in [3.63, 3.8) is 0 Å². The Hall–Kier alpha value is -1.79. The predicted octanol–water partition coefficient (Wildman–Crippen LogP) is -1.76. The molecule has 0 radical (unpaired) electrons. The summed E-state index contributed by atoms with van der Waals surface area (Å²) in [6.07, 6.45) is 3.42. The van der Waals surface area contributed by atoms with Crippen LogP contribution in [0.15, 0.2) is 30.3 Å². The van der Waals surface area contributed by atoms with Gasteiger partial charge in [0.15, 0.2) is 0 Å². The molecule has 6 nitrogen and oxygen atoms in total. The highest BCUT2D eigenvalue weighted by Gasteiger charge is 2.22. The van der Waals surface area contributed by atoms with Crippen molar-refractivity contribution in [3.05, 3.63) is 30.3 Å². The van der Waals surface area contributed by atoms with Crippen molar-refractivity contribution < 1.29 is 26.5 Å². The highest BCUT2D eigenvalue weighted by Crippen LogP contribution is 2.14. The van der Waals surface area contributed by atoms with E-state index >= 15 is 0 Å². The van der Waals surface area contributed by atoms with Crippen molar-refractivity contribution in [2.75, 3.05) is 57.8 Å². The van der Waals surface area contributed by atoms with Gasteiger partial charge in [-0.1, -0.05) is 18.2 Å². The van der Waals surface area contributed by atoms with Crippen LogP contribution in [0, 0.1) is 0 Å². The number of amides is 2. The first-order chi connectivity index (χ1) is 12.1. The summed E-state index contributed by atoms with van der Waals surface area (Å²) in [6, 6.07) is 10.5. The van der Waals surface area contributed by atoms with E-state index in [1.165, 1.54) is 5.69 Å². The van der Waals surface area contributed by atoms with Crippen molar-refractivity contribution in [2.45, 2.75) is 19.8 Å². The number of nitrogens with zero attached hydrogens (tertiary/aromatic N) is 2. The Morgan fingerprint density at radius 2 is 1.50 bits per heavy atom. The fourth-order valence-electron chi connectivity index (χ4n) is 3.05. The van der Waals surface area contributed by atoms with E-state index in [4.69, 9.17) is 0 Å². The van der Waals surface area contributed by atoms with Gasteiger partial charge in [0, 0.05) is 38.2 Å². The molecule has 0 heterocycles. The molecule has 0 unspecified atom stereocenters. The summed E-state index contributed by atoms with van der Waals surface area (Å²) < 4.78 is 0.935. The summed E-state index contributed by atoms with van der Waals surface area (Å²) in [6.45, 7) is 8.61. The molecule has 2 amide bonds. The normalized spacial score (nSPS) is 10.5. The Morgan fingerprint density at radius 1 is 0.962 bits per heavy atom. The number of anilines is 1. The second-order valence-electron chi connectivity index (χ2n) is 6.56. The van der Waals surface area contributed by atoms with Gasteiger partial charge in [0.1, 0.15) is 0 Å². The fraction of sp³-hybridized carbons (Fsp3) is 0.579. The summed E-state index contributed by atoms with van der Waals surface area (Å²) in [5, 5.41) is 5.48. The molecule has 0 saturated heterocycles. The zero-order valence-electron chi connectivity index (χ0n) is 16.0. The van der Waals surface area contributed by atoms with Gasteiger partial charge in [-0.05, 0) is 19.1 Å². The summed E-state index contributed by atoms with van der Waals surface area (Å²) in [5.74, 6) is 0. The number of carbonyl (C=O) groups excluding carboxylic acids is 2. The minimum absolute atomic E-state index is 0. The monoisotopic (exact) mass is 384 g/mol. The van der Waals surface area contributed by atoms with Crippen molar-refractivity contribution in [1.82, 2.24) is 10.6 Å². The number of hydrogen-bond acceptors (Lipinski definition) is 3. The van der Waals surface area contributed by atoms with Crippen LogP contribution < -0.4 is 27.9 Å². The number of nitrogens with one attached hydrogen (secondary N) is 2. The minimum atomic E-state index is 0. The molecular weight excluding hydrogens is 352 g/mol.